The fourth-order valence-corrected chi connectivity index (χ4v) is 2.06. The van der Waals surface area contributed by atoms with Crippen LogP contribution in [0.5, 0.6) is 5.75 Å². The zero-order valence-electron chi connectivity index (χ0n) is 9.87. The maximum Gasteiger partial charge on any atom is 0.115 e. The van der Waals surface area contributed by atoms with E-state index in [-0.39, 0.29) is 5.75 Å². The second-order valence-electron chi connectivity index (χ2n) is 4.76. The summed E-state index contributed by atoms with van der Waals surface area (Å²) in [6, 6.07) is 5.19. The maximum absolute atomic E-state index is 9.69. The van der Waals surface area contributed by atoms with Gasteiger partial charge in [-0.05, 0) is 44.7 Å². The second kappa shape index (κ2) is 5.17. The molecule has 0 spiro atoms. The Bertz CT molecular complexity index is 361. The number of aliphatic hydroxyl groups is 1. The number of phenols is 1. The topological polar surface area (TPSA) is 43.7 Å². The lowest BCUT2D eigenvalue weighted by Gasteiger charge is -2.25. The average molecular weight is 288 g/mol. The third-order valence-electron chi connectivity index (χ3n) is 2.13. The van der Waals surface area contributed by atoms with Crippen LogP contribution in [-0.2, 0) is 6.54 Å². The molecule has 0 heterocycles. The van der Waals surface area contributed by atoms with Gasteiger partial charge in [-0.15, -0.1) is 0 Å². The van der Waals surface area contributed by atoms with Gasteiger partial charge in [-0.2, -0.15) is 0 Å². The molecule has 0 aliphatic rings. The zero-order valence-corrected chi connectivity index (χ0v) is 11.5. The molecule has 90 valence electrons. The lowest BCUT2D eigenvalue weighted by atomic mass is 10.1. The van der Waals surface area contributed by atoms with Crippen LogP contribution in [0.4, 0.5) is 0 Å². The van der Waals surface area contributed by atoms with Crippen LogP contribution in [-0.4, -0.2) is 34.3 Å². The number of phenolic OH excluding ortho intramolecular Hbond substituents is 1. The summed E-state index contributed by atoms with van der Waals surface area (Å²) in [5, 5.41) is 19.1. The fourth-order valence-electron chi connectivity index (χ4n) is 1.69. The van der Waals surface area contributed by atoms with Crippen molar-refractivity contribution in [3.63, 3.8) is 0 Å². The Morgan fingerprint density at radius 2 is 2.00 bits per heavy atom. The highest BCUT2D eigenvalue weighted by atomic mass is 79.9. The van der Waals surface area contributed by atoms with Crippen LogP contribution in [0.25, 0.3) is 0 Å². The molecule has 0 amide bonds. The Morgan fingerprint density at radius 3 is 2.56 bits per heavy atom. The van der Waals surface area contributed by atoms with Crippen molar-refractivity contribution in [3.05, 3.63) is 28.2 Å². The molecule has 0 atom stereocenters. The zero-order chi connectivity index (χ0) is 12.3. The highest BCUT2D eigenvalue weighted by Gasteiger charge is 2.16. The van der Waals surface area contributed by atoms with Crippen molar-refractivity contribution in [2.45, 2.75) is 26.0 Å². The van der Waals surface area contributed by atoms with Crippen molar-refractivity contribution in [2.75, 3.05) is 13.6 Å². The van der Waals surface area contributed by atoms with Crippen molar-refractivity contribution in [3.8, 4) is 5.75 Å². The number of likely N-dealkylation sites (N-methyl/N-ethyl adjacent to an activating group) is 1. The van der Waals surface area contributed by atoms with E-state index in [4.69, 9.17) is 0 Å². The molecule has 0 saturated heterocycles. The van der Waals surface area contributed by atoms with Crippen molar-refractivity contribution >= 4 is 15.9 Å². The second-order valence-corrected chi connectivity index (χ2v) is 5.61. The van der Waals surface area contributed by atoms with E-state index in [0.29, 0.717) is 13.1 Å². The molecule has 1 aromatic rings. The Labute approximate surface area is 105 Å². The third-order valence-corrected chi connectivity index (χ3v) is 2.90. The standard InChI is InChI=1S/C12H18BrNO2/c1-12(2,16)8-14(3)7-9-6-10(15)4-5-11(9)13/h4-6,15-16H,7-8H2,1-3H3. The van der Waals surface area contributed by atoms with Gasteiger partial charge in [0, 0.05) is 17.6 Å². The van der Waals surface area contributed by atoms with E-state index in [2.05, 4.69) is 15.9 Å². The number of rotatable bonds is 4. The highest BCUT2D eigenvalue weighted by Crippen LogP contribution is 2.23. The minimum atomic E-state index is -0.710. The molecule has 16 heavy (non-hydrogen) atoms. The predicted octanol–water partition coefficient (Wildman–Crippen LogP) is 2.36. The summed E-state index contributed by atoms with van der Waals surface area (Å²) in [5.41, 5.74) is 0.296. The van der Waals surface area contributed by atoms with Crippen molar-refractivity contribution in [2.24, 2.45) is 0 Å². The van der Waals surface area contributed by atoms with Crippen molar-refractivity contribution in [1.82, 2.24) is 4.90 Å². The summed E-state index contributed by atoms with van der Waals surface area (Å²) in [5.74, 6) is 0.259. The number of aromatic hydroxyl groups is 1. The molecule has 2 N–H and O–H groups in total. The van der Waals surface area contributed by atoms with Gasteiger partial charge in [0.1, 0.15) is 5.75 Å². The van der Waals surface area contributed by atoms with Crippen LogP contribution >= 0.6 is 15.9 Å². The first-order valence-corrected chi connectivity index (χ1v) is 5.95. The number of nitrogens with zero attached hydrogens (tertiary/aromatic N) is 1. The first-order chi connectivity index (χ1) is 7.28. The molecule has 0 bridgehead atoms. The molecule has 4 heteroatoms. The van der Waals surface area contributed by atoms with Gasteiger partial charge in [0.15, 0.2) is 0 Å². The van der Waals surface area contributed by atoms with E-state index >= 15 is 0 Å². The van der Waals surface area contributed by atoms with E-state index in [9.17, 15) is 10.2 Å². The van der Waals surface area contributed by atoms with E-state index in [1.54, 1.807) is 26.0 Å². The summed E-state index contributed by atoms with van der Waals surface area (Å²) >= 11 is 3.44. The molecule has 0 aliphatic heterocycles. The largest absolute Gasteiger partial charge is 0.508 e. The summed E-state index contributed by atoms with van der Waals surface area (Å²) < 4.78 is 0.966. The molecule has 3 nitrogen and oxygen atoms in total. The Hall–Kier alpha value is -0.580. The Balaban J connectivity index is 2.69. The molecule has 0 saturated carbocycles. The van der Waals surface area contributed by atoms with E-state index < -0.39 is 5.60 Å². The number of benzene rings is 1. The van der Waals surface area contributed by atoms with Gasteiger partial charge in [-0.3, -0.25) is 4.90 Å². The SMILES string of the molecule is CN(Cc1cc(O)ccc1Br)CC(C)(C)O. The normalized spacial score (nSPS) is 12.1. The van der Waals surface area contributed by atoms with Crippen molar-refractivity contribution in [1.29, 1.82) is 0 Å². The minimum Gasteiger partial charge on any atom is -0.508 e. The smallest absolute Gasteiger partial charge is 0.115 e. The van der Waals surface area contributed by atoms with Gasteiger partial charge in [0.25, 0.3) is 0 Å². The highest BCUT2D eigenvalue weighted by molar-refractivity contribution is 9.10. The quantitative estimate of drug-likeness (QED) is 0.894. The van der Waals surface area contributed by atoms with Gasteiger partial charge in [-0.25, -0.2) is 0 Å². The molecule has 0 aliphatic carbocycles. The molecule has 0 aromatic heterocycles. The lowest BCUT2D eigenvalue weighted by molar-refractivity contribution is 0.0424. The van der Waals surface area contributed by atoms with Crippen molar-refractivity contribution < 1.29 is 10.2 Å². The van der Waals surface area contributed by atoms with Crippen LogP contribution in [0.2, 0.25) is 0 Å². The number of hydrogen-bond acceptors (Lipinski definition) is 3. The molecule has 0 unspecified atom stereocenters. The molecule has 1 aromatic carbocycles. The van der Waals surface area contributed by atoms with E-state index in [1.807, 2.05) is 18.0 Å². The summed E-state index contributed by atoms with van der Waals surface area (Å²) in [6.45, 7) is 4.82. The van der Waals surface area contributed by atoms with Crippen LogP contribution in [0.1, 0.15) is 19.4 Å². The lowest BCUT2D eigenvalue weighted by Crippen LogP contribution is -2.35. The first kappa shape index (κ1) is 13.5. The molecular formula is C12H18BrNO2. The van der Waals surface area contributed by atoms with Gasteiger partial charge in [-0.1, -0.05) is 15.9 Å². The maximum atomic E-state index is 9.69. The predicted molar refractivity (Wildman–Crippen MR) is 68.4 cm³/mol. The summed E-state index contributed by atoms with van der Waals surface area (Å²) in [6.07, 6.45) is 0. The number of halogens is 1. The molecule has 0 fully saturated rings. The Morgan fingerprint density at radius 1 is 1.38 bits per heavy atom. The van der Waals surface area contributed by atoms with Gasteiger partial charge in [0.05, 0.1) is 5.60 Å². The molecule has 1 rings (SSSR count). The minimum absolute atomic E-state index is 0.259. The third kappa shape index (κ3) is 4.51. The van der Waals surface area contributed by atoms with E-state index in [1.165, 1.54) is 0 Å². The average Bonchev–Trinajstić information content (AvgIpc) is 2.08. The van der Waals surface area contributed by atoms with Gasteiger partial charge >= 0.3 is 0 Å². The van der Waals surface area contributed by atoms with Gasteiger partial charge in [0.2, 0.25) is 0 Å². The van der Waals surface area contributed by atoms with Crippen LogP contribution in [0.3, 0.4) is 0 Å². The first-order valence-electron chi connectivity index (χ1n) is 5.16. The molecular weight excluding hydrogens is 270 g/mol. The monoisotopic (exact) mass is 287 g/mol. The van der Waals surface area contributed by atoms with Gasteiger partial charge < -0.3 is 10.2 Å². The molecule has 0 radical (unpaired) electrons. The number of hydrogen-bond donors (Lipinski definition) is 2. The fraction of sp³-hybridized carbons (Fsp3) is 0.500. The van der Waals surface area contributed by atoms with Crippen LogP contribution in [0.15, 0.2) is 22.7 Å². The van der Waals surface area contributed by atoms with Crippen LogP contribution in [0, 0.1) is 0 Å². The van der Waals surface area contributed by atoms with E-state index in [0.717, 1.165) is 10.0 Å². The Kier molecular flexibility index (Phi) is 4.35. The summed E-state index contributed by atoms with van der Waals surface area (Å²) in [4.78, 5) is 2.01. The summed E-state index contributed by atoms with van der Waals surface area (Å²) in [7, 11) is 1.94. The van der Waals surface area contributed by atoms with Crippen LogP contribution < -0.4 is 0 Å².